The number of carboxylic acids is 2. The Kier molecular flexibility index (Phi) is 20.9. The number of ether oxygens (including phenoxy) is 2. The zero-order chi connectivity index (χ0) is 43.0. The van der Waals surface area contributed by atoms with E-state index in [9.17, 15) is 39.0 Å². The van der Waals surface area contributed by atoms with Crippen LogP contribution in [0.4, 0.5) is 0 Å². The fourth-order valence-corrected chi connectivity index (χ4v) is 8.78. The molecule has 2 saturated heterocycles. The zero-order valence-corrected chi connectivity index (χ0v) is 36.2. The number of rotatable bonds is 16. The van der Waals surface area contributed by atoms with Gasteiger partial charge in [0.1, 0.15) is 18.1 Å². The number of fused-ring (bicyclic) bond motifs is 2. The molecule has 0 aromatic heterocycles. The van der Waals surface area contributed by atoms with Gasteiger partial charge >= 0.3 is 17.9 Å². The molecule has 4 fully saturated rings. The summed E-state index contributed by atoms with van der Waals surface area (Å²) < 4.78 is 10.2. The summed E-state index contributed by atoms with van der Waals surface area (Å²) in [5.74, 6) is -2.83. The lowest BCUT2D eigenvalue weighted by Gasteiger charge is -2.36. The minimum Gasteiger partial charge on any atom is -0.548 e. The largest absolute Gasteiger partial charge is 0.548 e. The smallest absolute Gasteiger partial charge is 0.326 e. The fourth-order valence-electron chi connectivity index (χ4n) is 8.78. The van der Waals surface area contributed by atoms with E-state index in [1.165, 1.54) is 4.90 Å². The molecule has 0 aromatic carbocycles. The van der Waals surface area contributed by atoms with Crippen LogP contribution < -0.4 is 21.5 Å². The number of hydrogen-bond donors (Lipinski definition) is 4. The van der Waals surface area contributed by atoms with Crippen molar-refractivity contribution in [1.29, 1.82) is 0 Å². The lowest BCUT2D eigenvalue weighted by Crippen LogP contribution is -2.57. The highest BCUT2D eigenvalue weighted by Gasteiger charge is 2.49. The third kappa shape index (κ3) is 15.1. The van der Waals surface area contributed by atoms with Gasteiger partial charge in [0.15, 0.2) is 0 Å². The third-order valence-electron chi connectivity index (χ3n) is 11.2. The molecule has 0 bridgehead atoms. The Morgan fingerprint density at radius 3 is 1.39 bits per heavy atom. The van der Waals surface area contributed by atoms with Crippen LogP contribution in [0.5, 0.6) is 0 Å². The second kappa shape index (κ2) is 23.9. The molecular weight excluding hydrogens is 734 g/mol. The molecule has 328 valence electrons. The van der Waals surface area contributed by atoms with Crippen LogP contribution in [0.25, 0.3) is 0 Å². The van der Waals surface area contributed by atoms with Crippen molar-refractivity contribution in [2.75, 3.05) is 13.2 Å². The topological polar surface area (TPSA) is 221 Å². The molecule has 15 heteroatoms. The second-order valence-corrected chi connectivity index (χ2v) is 17.2. The van der Waals surface area contributed by atoms with E-state index in [-0.39, 0.29) is 59.8 Å². The highest BCUT2D eigenvalue weighted by Crippen LogP contribution is 2.41. The first-order valence-electron chi connectivity index (χ1n) is 21.5. The van der Waals surface area contributed by atoms with Crippen LogP contribution in [-0.4, -0.2) is 118 Å². The number of aliphatic carboxylic acids is 2. The minimum atomic E-state index is -1.18. The quantitative estimate of drug-likeness (QED) is 0.165. The number of carbonyl (C=O) groups excluding carboxylic acids is 5. The van der Waals surface area contributed by atoms with Gasteiger partial charge in [-0.2, -0.15) is 0 Å². The van der Waals surface area contributed by atoms with E-state index < -0.39 is 48.2 Å². The molecule has 2 aliphatic carbocycles. The van der Waals surface area contributed by atoms with Crippen molar-refractivity contribution in [2.24, 2.45) is 17.6 Å². The molecule has 0 unspecified atom stereocenters. The van der Waals surface area contributed by atoms with E-state index >= 15 is 0 Å². The molecule has 0 radical (unpaired) electrons. The van der Waals surface area contributed by atoms with Gasteiger partial charge in [0.2, 0.25) is 11.8 Å². The van der Waals surface area contributed by atoms with Crippen LogP contribution in [0.1, 0.15) is 152 Å². The number of nitrogens with zero attached hydrogens (tertiary/aromatic N) is 2. The fraction of sp³-hybridized carbons (Fsp3) is 0.857. The van der Waals surface area contributed by atoms with Crippen molar-refractivity contribution in [3.8, 4) is 0 Å². The van der Waals surface area contributed by atoms with E-state index in [4.69, 9.17) is 15.2 Å². The van der Waals surface area contributed by atoms with Crippen LogP contribution in [0, 0.1) is 11.8 Å². The predicted molar refractivity (Wildman–Crippen MR) is 214 cm³/mol. The molecule has 2 amide bonds. The molecule has 57 heavy (non-hydrogen) atoms. The van der Waals surface area contributed by atoms with Gasteiger partial charge in [-0.05, 0) is 112 Å². The van der Waals surface area contributed by atoms with Crippen molar-refractivity contribution in [1.82, 2.24) is 20.4 Å². The molecule has 2 saturated carbocycles. The van der Waals surface area contributed by atoms with E-state index in [0.29, 0.717) is 32.3 Å². The molecule has 5 N–H and O–H groups in total. The maximum atomic E-state index is 13.1. The van der Waals surface area contributed by atoms with E-state index in [2.05, 4.69) is 10.6 Å². The molecule has 0 spiro atoms. The van der Waals surface area contributed by atoms with Gasteiger partial charge in [-0.15, -0.1) is 0 Å². The standard InChI is InChI=1S/2C19H32N2O5.C4H11N/c2*1-4-8-14(19(25)26-5-2)20-12(3)17(22)21-15-10-7-6-9-13(15)11-16(21)18(23)24;1-4(2,3)5/h2*12-16,20H,4-11H2,1-3H3,(H,23,24);5H2,1-3H3/p-1/t2*12-,13-,14-,15-,16-;/m00./s1. The first-order chi connectivity index (χ1) is 26.8. The SMILES string of the molecule is CC(C)(C)N.CCC[C@H](N[C@@H](C)C(=O)N1[C@H](C(=O)O)C[C@@H]2CCCC[C@@H]21)C(=O)OCC.CCC[C@H](N[C@@H](C)C(=O)N1[C@H](C(=O)[O-])C[C@@H]2CCCC[C@@H]21)C(=O)OCC. The average molecular weight is 809 g/mol. The second-order valence-electron chi connectivity index (χ2n) is 17.2. The van der Waals surface area contributed by atoms with Gasteiger partial charge in [0.25, 0.3) is 0 Å². The first-order valence-corrected chi connectivity index (χ1v) is 21.5. The minimum absolute atomic E-state index is 0. The zero-order valence-electron chi connectivity index (χ0n) is 36.2. The number of nitrogens with one attached hydrogen (secondary N) is 2. The molecule has 4 aliphatic rings. The Labute approximate surface area is 340 Å². The average Bonchev–Trinajstić information content (AvgIpc) is 3.73. The number of amides is 2. The van der Waals surface area contributed by atoms with Gasteiger partial charge < -0.3 is 40.0 Å². The molecule has 0 aromatic rings. The van der Waals surface area contributed by atoms with Crippen LogP contribution in [0.3, 0.4) is 0 Å². The monoisotopic (exact) mass is 809 g/mol. The molecule has 10 atom stereocenters. The summed E-state index contributed by atoms with van der Waals surface area (Å²) in [4.78, 5) is 76.8. The predicted octanol–water partition coefficient (Wildman–Crippen LogP) is 3.29. The van der Waals surface area contributed by atoms with Crippen molar-refractivity contribution in [3.63, 3.8) is 0 Å². The van der Waals surface area contributed by atoms with Crippen LogP contribution in [-0.2, 0) is 38.2 Å². The lowest BCUT2D eigenvalue weighted by atomic mass is 9.84. The molecule has 4 rings (SSSR count). The van der Waals surface area contributed by atoms with Gasteiger partial charge in [0, 0.05) is 17.6 Å². The molecule has 2 heterocycles. The van der Waals surface area contributed by atoms with Crippen molar-refractivity contribution >= 4 is 35.7 Å². The highest BCUT2D eigenvalue weighted by atomic mass is 16.5. The molecule has 15 nitrogen and oxygen atoms in total. The van der Waals surface area contributed by atoms with Gasteiger partial charge in [-0.1, -0.05) is 52.4 Å². The first kappa shape index (κ1) is 49.8. The third-order valence-corrected chi connectivity index (χ3v) is 11.2. The normalized spacial score (nSPS) is 26.1. The summed E-state index contributed by atoms with van der Waals surface area (Å²) in [6.07, 6.45) is 11.6. The van der Waals surface area contributed by atoms with Crippen molar-refractivity contribution in [2.45, 2.75) is 206 Å². The Morgan fingerprint density at radius 1 is 0.702 bits per heavy atom. The van der Waals surface area contributed by atoms with Crippen LogP contribution >= 0.6 is 0 Å². The number of hydrogen-bond acceptors (Lipinski definition) is 12. The van der Waals surface area contributed by atoms with Gasteiger partial charge in [0.05, 0.1) is 37.3 Å². The summed E-state index contributed by atoms with van der Waals surface area (Å²) in [5, 5.41) is 27.3. The Balaban J connectivity index is 0.000000352. The van der Waals surface area contributed by atoms with E-state index in [1.54, 1.807) is 32.6 Å². The van der Waals surface area contributed by atoms with E-state index in [1.807, 2.05) is 34.6 Å². The number of likely N-dealkylation sites (tertiary alicyclic amines) is 2. The van der Waals surface area contributed by atoms with Crippen molar-refractivity contribution < 1.29 is 48.5 Å². The summed E-state index contributed by atoms with van der Waals surface area (Å²) >= 11 is 0. The maximum Gasteiger partial charge on any atom is 0.326 e. The maximum absolute atomic E-state index is 13.1. The molecule has 2 aliphatic heterocycles. The number of carboxylic acid groups (broad SMARTS) is 2. The van der Waals surface area contributed by atoms with Gasteiger partial charge in [-0.25, -0.2) is 4.79 Å². The number of nitrogens with two attached hydrogens (primary N) is 1. The molecular formula is C42H74N5O10-. The summed E-state index contributed by atoms with van der Waals surface area (Å²) in [6, 6.07) is -4.04. The Hall–Kier alpha value is -3.30. The summed E-state index contributed by atoms with van der Waals surface area (Å²) in [6.45, 7) is 17.3. The lowest BCUT2D eigenvalue weighted by molar-refractivity contribution is -0.310. The van der Waals surface area contributed by atoms with E-state index in [0.717, 1.165) is 64.2 Å². The van der Waals surface area contributed by atoms with Crippen LogP contribution in [0.2, 0.25) is 0 Å². The summed E-state index contributed by atoms with van der Waals surface area (Å²) in [5.41, 5.74) is 5.35. The Morgan fingerprint density at radius 2 is 1.05 bits per heavy atom. The van der Waals surface area contributed by atoms with Gasteiger partial charge in [-0.3, -0.25) is 29.8 Å². The van der Waals surface area contributed by atoms with Crippen molar-refractivity contribution in [3.05, 3.63) is 0 Å². The number of esters is 2. The Bertz CT molecular complexity index is 1230. The highest BCUT2D eigenvalue weighted by molar-refractivity contribution is 5.89. The number of carbonyl (C=O) groups is 6. The van der Waals surface area contributed by atoms with Crippen LogP contribution in [0.15, 0.2) is 0 Å². The summed E-state index contributed by atoms with van der Waals surface area (Å²) in [7, 11) is 0.